The van der Waals surface area contributed by atoms with Crippen LogP contribution in [0.5, 0.6) is 0 Å². The van der Waals surface area contributed by atoms with E-state index in [1.807, 2.05) is 0 Å². The molecule has 1 aliphatic rings. The number of hydrogen-bond acceptors (Lipinski definition) is 0. The van der Waals surface area contributed by atoms with Gasteiger partial charge in [-0.1, -0.05) is 45.1 Å². The first kappa shape index (κ1) is 10.6. The summed E-state index contributed by atoms with van der Waals surface area (Å²) in [6.07, 6.45) is 10.7. The van der Waals surface area contributed by atoms with Crippen LogP contribution in [0, 0.1) is 23.7 Å². The molecule has 0 N–H and O–H groups in total. The van der Waals surface area contributed by atoms with Crippen molar-refractivity contribution in [1.29, 1.82) is 0 Å². The Morgan fingerprint density at radius 1 is 1.23 bits per heavy atom. The molecule has 0 heterocycles. The Morgan fingerprint density at radius 3 is 2.38 bits per heavy atom. The van der Waals surface area contributed by atoms with Gasteiger partial charge in [0.1, 0.15) is 0 Å². The lowest BCUT2D eigenvalue weighted by Crippen LogP contribution is -2.31. The predicted octanol–water partition coefficient (Wildman–Crippen LogP) is 4.05. The van der Waals surface area contributed by atoms with E-state index in [4.69, 9.17) is 0 Å². The van der Waals surface area contributed by atoms with Crippen LogP contribution >= 0.6 is 0 Å². The van der Waals surface area contributed by atoms with Crippen molar-refractivity contribution in [3.63, 3.8) is 0 Å². The quantitative estimate of drug-likeness (QED) is 0.572. The molecule has 3 atom stereocenters. The third-order valence-electron chi connectivity index (χ3n) is 2.95. The molecule has 1 fully saturated rings. The molecule has 0 aromatic rings. The second-order valence-corrected chi connectivity index (χ2v) is 4.61. The first-order chi connectivity index (χ1) is 6.15. The van der Waals surface area contributed by atoms with Crippen molar-refractivity contribution in [2.24, 2.45) is 23.7 Å². The molecular formula is C13H22. The standard InChI is InChI=1S/C13H22/c1-5-6-13-11(4)9-12(13)8-7-10(2)3/h5-8,10-13H,9H2,1-4H3. The molecular weight excluding hydrogens is 156 g/mol. The highest BCUT2D eigenvalue weighted by atomic mass is 14.4. The van der Waals surface area contributed by atoms with Gasteiger partial charge in [-0.2, -0.15) is 0 Å². The maximum absolute atomic E-state index is 2.41. The van der Waals surface area contributed by atoms with Crippen molar-refractivity contribution in [3.8, 4) is 0 Å². The van der Waals surface area contributed by atoms with Gasteiger partial charge in [-0.05, 0) is 37.0 Å². The molecule has 0 aliphatic heterocycles. The molecule has 0 nitrogen and oxygen atoms in total. The van der Waals surface area contributed by atoms with Crippen LogP contribution in [0.15, 0.2) is 24.3 Å². The van der Waals surface area contributed by atoms with E-state index in [2.05, 4.69) is 52.0 Å². The van der Waals surface area contributed by atoms with Crippen LogP contribution in [0.2, 0.25) is 0 Å². The average Bonchev–Trinajstić information content (AvgIpc) is 2.07. The van der Waals surface area contributed by atoms with Gasteiger partial charge in [-0.15, -0.1) is 0 Å². The minimum Gasteiger partial charge on any atom is -0.0914 e. The van der Waals surface area contributed by atoms with Crippen molar-refractivity contribution in [2.45, 2.75) is 34.1 Å². The van der Waals surface area contributed by atoms with Gasteiger partial charge >= 0.3 is 0 Å². The number of hydrogen-bond donors (Lipinski definition) is 0. The molecule has 0 aromatic heterocycles. The first-order valence-corrected chi connectivity index (χ1v) is 5.46. The van der Waals surface area contributed by atoms with Gasteiger partial charge in [0.05, 0.1) is 0 Å². The summed E-state index contributed by atoms with van der Waals surface area (Å²) in [5.74, 6) is 3.20. The SMILES string of the molecule is CC=CC1C(C)CC1C=CC(C)C. The molecule has 1 aliphatic carbocycles. The maximum atomic E-state index is 2.41. The minimum absolute atomic E-state index is 0.696. The van der Waals surface area contributed by atoms with Crippen molar-refractivity contribution in [1.82, 2.24) is 0 Å². The van der Waals surface area contributed by atoms with Crippen molar-refractivity contribution < 1.29 is 0 Å². The Balaban J connectivity index is 2.45. The van der Waals surface area contributed by atoms with Crippen LogP contribution in [-0.2, 0) is 0 Å². The zero-order chi connectivity index (χ0) is 9.84. The molecule has 1 saturated carbocycles. The second kappa shape index (κ2) is 4.64. The monoisotopic (exact) mass is 178 g/mol. The van der Waals surface area contributed by atoms with Crippen LogP contribution in [0.4, 0.5) is 0 Å². The summed E-state index contributed by atoms with van der Waals surface area (Å²) in [6.45, 7) is 8.95. The van der Waals surface area contributed by atoms with Gasteiger partial charge in [0.25, 0.3) is 0 Å². The van der Waals surface area contributed by atoms with Crippen molar-refractivity contribution in [3.05, 3.63) is 24.3 Å². The summed E-state index contributed by atoms with van der Waals surface area (Å²) < 4.78 is 0. The highest BCUT2D eigenvalue weighted by Crippen LogP contribution is 2.42. The zero-order valence-corrected chi connectivity index (χ0v) is 9.33. The van der Waals surface area contributed by atoms with E-state index in [-0.39, 0.29) is 0 Å². The Labute approximate surface area is 82.7 Å². The average molecular weight is 178 g/mol. The van der Waals surface area contributed by atoms with E-state index in [9.17, 15) is 0 Å². The van der Waals surface area contributed by atoms with Crippen LogP contribution < -0.4 is 0 Å². The van der Waals surface area contributed by atoms with Gasteiger partial charge in [0.15, 0.2) is 0 Å². The Hall–Kier alpha value is -0.520. The fourth-order valence-corrected chi connectivity index (χ4v) is 2.10. The first-order valence-electron chi connectivity index (χ1n) is 5.46. The van der Waals surface area contributed by atoms with Gasteiger partial charge in [-0.25, -0.2) is 0 Å². The highest BCUT2D eigenvalue weighted by Gasteiger charge is 2.33. The Bertz CT molecular complexity index is 198. The van der Waals surface area contributed by atoms with Gasteiger partial charge < -0.3 is 0 Å². The van der Waals surface area contributed by atoms with Crippen LogP contribution in [0.1, 0.15) is 34.1 Å². The molecule has 0 spiro atoms. The van der Waals surface area contributed by atoms with Gasteiger partial charge in [0, 0.05) is 0 Å². The predicted molar refractivity (Wildman–Crippen MR) is 59.6 cm³/mol. The van der Waals surface area contributed by atoms with Gasteiger partial charge in [-0.3, -0.25) is 0 Å². The number of allylic oxidation sites excluding steroid dienone is 4. The molecule has 0 radical (unpaired) electrons. The summed E-state index contributed by atoms with van der Waals surface area (Å²) in [4.78, 5) is 0. The van der Waals surface area contributed by atoms with Gasteiger partial charge in [0.2, 0.25) is 0 Å². The fraction of sp³-hybridized carbons (Fsp3) is 0.692. The molecule has 0 saturated heterocycles. The van der Waals surface area contributed by atoms with E-state index in [1.54, 1.807) is 0 Å². The van der Waals surface area contributed by atoms with E-state index >= 15 is 0 Å². The largest absolute Gasteiger partial charge is 0.0914 e. The maximum Gasteiger partial charge on any atom is -0.0145 e. The third-order valence-corrected chi connectivity index (χ3v) is 2.95. The smallest absolute Gasteiger partial charge is 0.0145 e. The van der Waals surface area contributed by atoms with Crippen molar-refractivity contribution >= 4 is 0 Å². The summed E-state index contributed by atoms with van der Waals surface area (Å²) in [7, 11) is 0. The summed E-state index contributed by atoms with van der Waals surface area (Å²) in [5, 5.41) is 0. The topological polar surface area (TPSA) is 0 Å². The molecule has 74 valence electrons. The van der Waals surface area contributed by atoms with Crippen LogP contribution in [-0.4, -0.2) is 0 Å². The normalized spacial score (nSPS) is 34.7. The lowest BCUT2D eigenvalue weighted by atomic mass is 9.65. The van der Waals surface area contributed by atoms with E-state index < -0.39 is 0 Å². The summed E-state index contributed by atoms with van der Waals surface area (Å²) in [5.41, 5.74) is 0. The second-order valence-electron chi connectivity index (χ2n) is 4.61. The van der Waals surface area contributed by atoms with Crippen LogP contribution in [0.3, 0.4) is 0 Å². The highest BCUT2D eigenvalue weighted by molar-refractivity contribution is 5.07. The summed E-state index contributed by atoms with van der Waals surface area (Å²) >= 11 is 0. The lowest BCUT2D eigenvalue weighted by Gasteiger charge is -2.40. The Morgan fingerprint density at radius 2 is 1.92 bits per heavy atom. The zero-order valence-electron chi connectivity index (χ0n) is 9.33. The summed E-state index contributed by atoms with van der Waals surface area (Å²) in [6, 6.07) is 0. The molecule has 0 amide bonds. The van der Waals surface area contributed by atoms with E-state index in [0.717, 1.165) is 17.8 Å². The molecule has 13 heavy (non-hydrogen) atoms. The Kier molecular flexibility index (Phi) is 3.77. The molecule has 0 heteroatoms. The fourth-order valence-electron chi connectivity index (χ4n) is 2.10. The van der Waals surface area contributed by atoms with E-state index in [1.165, 1.54) is 6.42 Å². The molecule has 0 aromatic carbocycles. The molecule has 1 rings (SSSR count). The number of rotatable bonds is 3. The third kappa shape index (κ3) is 2.72. The van der Waals surface area contributed by atoms with Crippen molar-refractivity contribution in [2.75, 3.05) is 0 Å². The molecule has 0 bridgehead atoms. The minimum atomic E-state index is 0.696. The molecule has 3 unspecified atom stereocenters. The van der Waals surface area contributed by atoms with E-state index in [0.29, 0.717) is 5.92 Å². The van der Waals surface area contributed by atoms with Crippen LogP contribution in [0.25, 0.3) is 0 Å². The lowest BCUT2D eigenvalue weighted by molar-refractivity contribution is 0.173.